The third kappa shape index (κ3) is 4.61. The van der Waals surface area contributed by atoms with Crippen molar-refractivity contribution in [3.05, 3.63) is 83.6 Å². The molecule has 6 heteroatoms. The van der Waals surface area contributed by atoms with Gasteiger partial charge in [-0.25, -0.2) is 13.4 Å². The van der Waals surface area contributed by atoms with Crippen molar-refractivity contribution in [3.8, 4) is 0 Å². The summed E-state index contributed by atoms with van der Waals surface area (Å²) >= 11 is 0. The quantitative estimate of drug-likeness (QED) is 0.688. The molecular formula is C20H21N3O2S. The molecule has 2 aromatic carbocycles. The Balaban J connectivity index is 1.66. The van der Waals surface area contributed by atoms with E-state index in [2.05, 4.69) is 34.1 Å². The maximum absolute atomic E-state index is 12.4. The van der Waals surface area contributed by atoms with E-state index in [9.17, 15) is 8.42 Å². The van der Waals surface area contributed by atoms with E-state index in [1.54, 1.807) is 30.3 Å². The summed E-state index contributed by atoms with van der Waals surface area (Å²) in [5, 5.41) is 3.23. The molecule has 1 aromatic heterocycles. The van der Waals surface area contributed by atoms with Gasteiger partial charge in [-0.15, -0.1) is 0 Å². The Morgan fingerprint density at radius 3 is 2.31 bits per heavy atom. The lowest BCUT2D eigenvalue weighted by Crippen LogP contribution is -2.13. The first-order valence-electron chi connectivity index (χ1n) is 8.27. The van der Waals surface area contributed by atoms with Gasteiger partial charge in [-0.05, 0) is 49.2 Å². The number of nitrogens with one attached hydrogen (secondary N) is 2. The molecule has 134 valence electrons. The van der Waals surface area contributed by atoms with Gasteiger partial charge in [-0.1, -0.05) is 42.0 Å². The summed E-state index contributed by atoms with van der Waals surface area (Å²) in [7, 11) is -3.62. The number of aromatic nitrogens is 1. The Labute approximate surface area is 154 Å². The highest BCUT2D eigenvalue weighted by Gasteiger charge is 2.14. The molecular weight excluding hydrogens is 346 g/mol. The number of rotatable bonds is 6. The summed E-state index contributed by atoms with van der Waals surface area (Å²) in [6, 6.07) is 18.5. The minimum atomic E-state index is -3.62. The monoisotopic (exact) mass is 367 g/mol. The fourth-order valence-electron chi connectivity index (χ4n) is 2.57. The highest BCUT2D eigenvalue weighted by atomic mass is 32.2. The number of benzene rings is 2. The molecule has 0 aliphatic heterocycles. The topological polar surface area (TPSA) is 71.1 Å². The first-order valence-corrected chi connectivity index (χ1v) is 9.76. The third-order valence-corrected chi connectivity index (χ3v) is 5.25. The Bertz CT molecular complexity index is 1000. The minimum Gasteiger partial charge on any atom is -0.366 e. The second-order valence-electron chi connectivity index (χ2n) is 6.20. The van der Waals surface area contributed by atoms with Crippen LogP contribution in [0.5, 0.6) is 0 Å². The smallest absolute Gasteiger partial charge is 0.261 e. The van der Waals surface area contributed by atoms with E-state index >= 15 is 0 Å². The number of anilines is 2. The van der Waals surface area contributed by atoms with Crippen LogP contribution in [0.1, 0.15) is 16.7 Å². The van der Waals surface area contributed by atoms with E-state index in [4.69, 9.17) is 0 Å². The van der Waals surface area contributed by atoms with Crippen LogP contribution in [-0.4, -0.2) is 13.4 Å². The van der Waals surface area contributed by atoms with Gasteiger partial charge in [0.1, 0.15) is 5.82 Å². The maximum Gasteiger partial charge on any atom is 0.261 e. The molecule has 0 saturated heterocycles. The molecule has 2 N–H and O–H groups in total. The highest BCUT2D eigenvalue weighted by molar-refractivity contribution is 7.92. The molecule has 0 spiro atoms. The largest absolute Gasteiger partial charge is 0.366 e. The fraction of sp³-hybridized carbons (Fsp3) is 0.150. The van der Waals surface area contributed by atoms with E-state index in [0.717, 1.165) is 11.1 Å². The molecule has 26 heavy (non-hydrogen) atoms. The van der Waals surface area contributed by atoms with Crippen LogP contribution in [0.2, 0.25) is 0 Å². The Morgan fingerprint density at radius 1 is 0.923 bits per heavy atom. The summed E-state index contributed by atoms with van der Waals surface area (Å²) < 4.78 is 27.4. The number of hydrogen-bond donors (Lipinski definition) is 2. The van der Waals surface area contributed by atoms with E-state index in [0.29, 0.717) is 18.1 Å². The average molecular weight is 367 g/mol. The first-order chi connectivity index (χ1) is 12.4. The van der Waals surface area contributed by atoms with Crippen LogP contribution in [0.25, 0.3) is 0 Å². The van der Waals surface area contributed by atoms with Gasteiger partial charge in [0.25, 0.3) is 10.0 Å². The standard InChI is InChI=1S/C20H21N3O2S/c1-15-5-3-7-17(11-15)13-21-20-10-9-18(14-22-20)23-26(24,25)19-8-4-6-16(2)12-19/h3-12,14,23H,13H2,1-2H3,(H,21,22). The van der Waals surface area contributed by atoms with Gasteiger partial charge in [-0.2, -0.15) is 0 Å². The van der Waals surface area contributed by atoms with Gasteiger partial charge in [0.2, 0.25) is 0 Å². The second-order valence-corrected chi connectivity index (χ2v) is 7.88. The molecule has 0 amide bonds. The predicted molar refractivity (Wildman–Crippen MR) is 105 cm³/mol. The minimum absolute atomic E-state index is 0.235. The van der Waals surface area contributed by atoms with Crippen molar-refractivity contribution in [2.45, 2.75) is 25.3 Å². The van der Waals surface area contributed by atoms with Gasteiger partial charge >= 0.3 is 0 Å². The van der Waals surface area contributed by atoms with Crippen LogP contribution in [-0.2, 0) is 16.6 Å². The summed E-state index contributed by atoms with van der Waals surface area (Å²) in [6.45, 7) is 4.56. The number of hydrogen-bond acceptors (Lipinski definition) is 4. The van der Waals surface area contributed by atoms with Crippen molar-refractivity contribution in [2.24, 2.45) is 0 Å². The number of nitrogens with zero attached hydrogens (tertiary/aromatic N) is 1. The van der Waals surface area contributed by atoms with Gasteiger partial charge in [-0.3, -0.25) is 4.72 Å². The lowest BCUT2D eigenvalue weighted by molar-refractivity contribution is 0.601. The maximum atomic E-state index is 12.4. The zero-order valence-electron chi connectivity index (χ0n) is 14.7. The van der Waals surface area contributed by atoms with Crippen molar-refractivity contribution in [1.29, 1.82) is 0 Å². The molecule has 0 fully saturated rings. The Morgan fingerprint density at radius 2 is 1.65 bits per heavy atom. The molecule has 0 unspecified atom stereocenters. The van der Waals surface area contributed by atoms with Gasteiger partial charge in [0.15, 0.2) is 0 Å². The van der Waals surface area contributed by atoms with Gasteiger partial charge in [0, 0.05) is 6.54 Å². The Hall–Kier alpha value is -2.86. The summed E-state index contributed by atoms with van der Waals surface area (Å²) in [4.78, 5) is 4.51. The molecule has 0 saturated carbocycles. The van der Waals surface area contributed by atoms with Gasteiger partial charge in [0.05, 0.1) is 16.8 Å². The van der Waals surface area contributed by atoms with E-state index in [-0.39, 0.29) is 4.90 Å². The van der Waals surface area contributed by atoms with Crippen LogP contribution < -0.4 is 10.0 Å². The molecule has 0 atom stereocenters. The lowest BCUT2D eigenvalue weighted by atomic mass is 10.1. The van der Waals surface area contributed by atoms with Crippen molar-refractivity contribution < 1.29 is 8.42 Å². The molecule has 3 rings (SSSR count). The molecule has 0 radical (unpaired) electrons. The van der Waals surface area contributed by atoms with Gasteiger partial charge < -0.3 is 5.32 Å². The molecule has 1 heterocycles. The van der Waals surface area contributed by atoms with Crippen molar-refractivity contribution in [1.82, 2.24) is 4.98 Å². The van der Waals surface area contributed by atoms with Crippen LogP contribution in [0.3, 0.4) is 0 Å². The molecule has 3 aromatic rings. The number of aryl methyl sites for hydroxylation is 2. The molecule has 0 aliphatic rings. The SMILES string of the molecule is Cc1cccc(CNc2ccc(NS(=O)(=O)c3cccc(C)c3)cn2)c1. The lowest BCUT2D eigenvalue weighted by Gasteiger charge is -2.10. The average Bonchev–Trinajstić information content (AvgIpc) is 2.61. The van der Waals surface area contributed by atoms with Crippen LogP contribution in [0.4, 0.5) is 11.5 Å². The molecule has 0 aliphatic carbocycles. The first kappa shape index (κ1) is 17.9. The second kappa shape index (κ2) is 7.58. The predicted octanol–water partition coefficient (Wildman–Crippen LogP) is 4.11. The zero-order valence-corrected chi connectivity index (χ0v) is 15.5. The summed E-state index contributed by atoms with van der Waals surface area (Å²) in [5.41, 5.74) is 3.68. The van der Waals surface area contributed by atoms with Crippen LogP contribution >= 0.6 is 0 Å². The summed E-state index contributed by atoms with van der Waals surface area (Å²) in [5.74, 6) is 0.685. The van der Waals surface area contributed by atoms with E-state index in [1.807, 2.05) is 25.1 Å². The van der Waals surface area contributed by atoms with Crippen molar-refractivity contribution in [3.63, 3.8) is 0 Å². The molecule has 0 bridgehead atoms. The number of pyridine rings is 1. The van der Waals surface area contributed by atoms with Crippen molar-refractivity contribution >= 4 is 21.5 Å². The van der Waals surface area contributed by atoms with Crippen LogP contribution in [0, 0.1) is 13.8 Å². The molecule has 5 nitrogen and oxygen atoms in total. The highest BCUT2D eigenvalue weighted by Crippen LogP contribution is 2.18. The van der Waals surface area contributed by atoms with Crippen LogP contribution in [0.15, 0.2) is 71.8 Å². The fourth-order valence-corrected chi connectivity index (χ4v) is 3.72. The normalized spacial score (nSPS) is 11.2. The number of sulfonamides is 1. The summed E-state index contributed by atoms with van der Waals surface area (Å²) in [6.07, 6.45) is 1.51. The van der Waals surface area contributed by atoms with E-state index in [1.165, 1.54) is 11.8 Å². The third-order valence-electron chi connectivity index (χ3n) is 3.87. The van der Waals surface area contributed by atoms with E-state index < -0.39 is 10.0 Å². The zero-order chi connectivity index (χ0) is 18.6. The Kier molecular flexibility index (Phi) is 5.23. The van der Waals surface area contributed by atoms with Crippen molar-refractivity contribution in [2.75, 3.05) is 10.0 Å².